The van der Waals surface area contributed by atoms with Crippen LogP contribution in [0.2, 0.25) is 0 Å². The summed E-state index contributed by atoms with van der Waals surface area (Å²) in [5.41, 5.74) is 7.75. The summed E-state index contributed by atoms with van der Waals surface area (Å²) >= 11 is 0. The first kappa shape index (κ1) is 18.4. The first-order chi connectivity index (χ1) is 8.61. The second kappa shape index (κ2) is 7.85. The number of hydrogen-bond acceptors (Lipinski definition) is 3. The molecule has 0 saturated heterocycles. The molecule has 0 bridgehead atoms. The number of nitriles is 1. The Morgan fingerprint density at radius 2 is 2.15 bits per heavy atom. The summed E-state index contributed by atoms with van der Waals surface area (Å²) in [5.74, 6) is -0.507. The minimum absolute atomic E-state index is 0. The Morgan fingerprint density at radius 3 is 2.65 bits per heavy atom. The molecule has 0 amide bonds. The number of nitrogens with two attached hydrogens (primary N) is 1. The highest BCUT2D eigenvalue weighted by Crippen LogP contribution is 2.17. The lowest BCUT2D eigenvalue weighted by molar-refractivity contribution is 0.614. The van der Waals surface area contributed by atoms with E-state index in [2.05, 4.69) is 4.98 Å². The summed E-state index contributed by atoms with van der Waals surface area (Å²) < 4.78 is 15.3. The van der Waals surface area contributed by atoms with Crippen LogP contribution in [0.3, 0.4) is 0 Å². The zero-order chi connectivity index (χ0) is 13.1. The quantitative estimate of drug-likeness (QED) is 0.946. The molecule has 1 aromatic carbocycles. The molecule has 4 nitrogen and oxygen atoms in total. The second-order valence-corrected chi connectivity index (χ2v) is 4.17. The normalized spacial score (nSPS) is 10.9. The number of benzene rings is 1. The van der Waals surface area contributed by atoms with Crippen molar-refractivity contribution in [3.63, 3.8) is 0 Å². The van der Waals surface area contributed by atoms with Gasteiger partial charge in [0.25, 0.3) is 0 Å². The molecule has 0 aliphatic rings. The number of aromatic nitrogens is 2. The van der Waals surface area contributed by atoms with Crippen molar-refractivity contribution in [1.82, 2.24) is 9.55 Å². The minimum atomic E-state index is -0.507. The molecule has 1 aromatic heterocycles. The van der Waals surface area contributed by atoms with E-state index >= 15 is 0 Å². The Kier molecular flexibility index (Phi) is 7.22. The van der Waals surface area contributed by atoms with E-state index in [1.54, 1.807) is 24.7 Å². The van der Waals surface area contributed by atoms with Crippen molar-refractivity contribution >= 4 is 24.8 Å². The number of halogens is 3. The summed E-state index contributed by atoms with van der Waals surface area (Å²) in [6.07, 6.45) is 3.88. The number of imidazole rings is 1. The molecule has 2 rings (SSSR count). The fourth-order valence-electron chi connectivity index (χ4n) is 1.86. The van der Waals surface area contributed by atoms with Gasteiger partial charge in [0, 0.05) is 13.2 Å². The van der Waals surface area contributed by atoms with Gasteiger partial charge in [-0.2, -0.15) is 5.26 Å². The molecule has 0 saturated carbocycles. The molecule has 0 aliphatic heterocycles. The van der Waals surface area contributed by atoms with Gasteiger partial charge in [0.2, 0.25) is 0 Å². The van der Waals surface area contributed by atoms with Crippen LogP contribution in [0, 0.1) is 17.1 Å². The molecular formula is C13H15Cl2FN4. The van der Waals surface area contributed by atoms with Crippen molar-refractivity contribution in [1.29, 1.82) is 5.26 Å². The fraction of sp³-hybridized carbons (Fsp3) is 0.231. The molecule has 7 heteroatoms. The van der Waals surface area contributed by atoms with Crippen LogP contribution in [0.5, 0.6) is 0 Å². The Labute approximate surface area is 129 Å². The molecular weight excluding hydrogens is 302 g/mol. The van der Waals surface area contributed by atoms with Gasteiger partial charge in [-0.1, -0.05) is 6.07 Å². The van der Waals surface area contributed by atoms with Crippen molar-refractivity contribution in [2.24, 2.45) is 12.8 Å². The van der Waals surface area contributed by atoms with Crippen LogP contribution in [0.1, 0.15) is 22.9 Å². The van der Waals surface area contributed by atoms with E-state index in [0.717, 1.165) is 11.3 Å². The van der Waals surface area contributed by atoms with E-state index < -0.39 is 5.82 Å². The van der Waals surface area contributed by atoms with E-state index in [-0.39, 0.29) is 36.4 Å². The third-order valence-corrected chi connectivity index (χ3v) is 2.84. The summed E-state index contributed by atoms with van der Waals surface area (Å²) in [6, 6.07) is 6.10. The van der Waals surface area contributed by atoms with Crippen LogP contribution in [-0.4, -0.2) is 9.55 Å². The van der Waals surface area contributed by atoms with E-state index in [1.165, 1.54) is 12.1 Å². The highest BCUT2D eigenvalue weighted by atomic mass is 35.5. The largest absolute Gasteiger partial charge is 0.336 e. The van der Waals surface area contributed by atoms with Crippen molar-refractivity contribution in [3.05, 3.63) is 53.4 Å². The molecule has 2 aromatic rings. The Morgan fingerprint density at radius 1 is 1.45 bits per heavy atom. The Bertz CT molecular complexity index is 607. The smallest absolute Gasteiger partial charge is 0.141 e. The molecule has 0 radical (unpaired) electrons. The average Bonchev–Trinajstić information content (AvgIpc) is 2.76. The molecule has 20 heavy (non-hydrogen) atoms. The van der Waals surface area contributed by atoms with E-state index in [1.807, 2.05) is 11.6 Å². The van der Waals surface area contributed by atoms with Crippen molar-refractivity contribution in [2.75, 3.05) is 0 Å². The van der Waals surface area contributed by atoms with Crippen LogP contribution in [0.25, 0.3) is 0 Å². The zero-order valence-corrected chi connectivity index (χ0v) is 12.4. The lowest BCUT2D eigenvalue weighted by Gasteiger charge is -2.12. The Hall–Kier alpha value is -1.61. The molecule has 1 heterocycles. The monoisotopic (exact) mass is 316 g/mol. The molecule has 1 unspecified atom stereocenters. The third kappa shape index (κ3) is 3.94. The lowest BCUT2D eigenvalue weighted by Crippen LogP contribution is -2.16. The van der Waals surface area contributed by atoms with Gasteiger partial charge in [0.15, 0.2) is 0 Å². The summed E-state index contributed by atoms with van der Waals surface area (Å²) in [5, 5.41) is 8.65. The summed E-state index contributed by atoms with van der Waals surface area (Å²) in [7, 11) is 1.86. The van der Waals surface area contributed by atoms with Gasteiger partial charge in [-0.3, -0.25) is 0 Å². The van der Waals surface area contributed by atoms with Crippen LogP contribution in [0.4, 0.5) is 4.39 Å². The number of aryl methyl sites for hydroxylation is 1. The van der Waals surface area contributed by atoms with Crippen molar-refractivity contribution in [3.8, 4) is 6.07 Å². The first-order valence-electron chi connectivity index (χ1n) is 5.52. The SMILES string of the molecule is Cl.Cl.Cn1cncc1C(N)Cc1ccc(C#N)c(F)c1. The third-order valence-electron chi connectivity index (χ3n) is 2.84. The van der Waals surface area contributed by atoms with Crippen molar-refractivity contribution < 1.29 is 4.39 Å². The Balaban J connectivity index is 0.00000180. The lowest BCUT2D eigenvalue weighted by atomic mass is 10.0. The fourth-order valence-corrected chi connectivity index (χ4v) is 1.86. The standard InChI is InChI=1S/C13H13FN4.2ClH/c1-18-8-17-7-13(18)12(16)5-9-2-3-10(6-15)11(14)4-9;;/h2-4,7-8,12H,5,16H2,1H3;2*1H. The molecule has 108 valence electrons. The van der Waals surface area contributed by atoms with E-state index in [4.69, 9.17) is 11.0 Å². The molecule has 2 N–H and O–H groups in total. The van der Waals surface area contributed by atoms with Crippen molar-refractivity contribution in [2.45, 2.75) is 12.5 Å². The maximum Gasteiger partial charge on any atom is 0.141 e. The van der Waals surface area contributed by atoms with Crippen LogP contribution >= 0.6 is 24.8 Å². The summed E-state index contributed by atoms with van der Waals surface area (Å²) in [6.45, 7) is 0. The molecule has 1 atom stereocenters. The van der Waals surface area contributed by atoms with Crippen LogP contribution < -0.4 is 5.73 Å². The number of rotatable bonds is 3. The summed E-state index contributed by atoms with van der Waals surface area (Å²) in [4.78, 5) is 4.00. The van der Waals surface area contributed by atoms with Crippen LogP contribution in [-0.2, 0) is 13.5 Å². The number of hydrogen-bond donors (Lipinski definition) is 1. The highest BCUT2D eigenvalue weighted by molar-refractivity contribution is 5.85. The average molecular weight is 317 g/mol. The maximum atomic E-state index is 13.4. The van der Waals surface area contributed by atoms with Crippen LogP contribution in [0.15, 0.2) is 30.7 Å². The second-order valence-electron chi connectivity index (χ2n) is 4.17. The van der Waals surface area contributed by atoms with Gasteiger partial charge >= 0.3 is 0 Å². The predicted molar refractivity (Wildman–Crippen MR) is 79.5 cm³/mol. The topological polar surface area (TPSA) is 67.6 Å². The van der Waals surface area contributed by atoms with Gasteiger partial charge in [0.05, 0.1) is 23.6 Å². The molecule has 0 spiro atoms. The van der Waals surface area contributed by atoms with Gasteiger partial charge in [-0.05, 0) is 24.1 Å². The van der Waals surface area contributed by atoms with E-state index in [9.17, 15) is 4.39 Å². The molecule has 0 aliphatic carbocycles. The number of nitrogens with zero attached hydrogens (tertiary/aromatic N) is 3. The van der Waals surface area contributed by atoms with Gasteiger partial charge < -0.3 is 10.3 Å². The van der Waals surface area contributed by atoms with Gasteiger partial charge in [-0.25, -0.2) is 9.37 Å². The predicted octanol–water partition coefficient (Wildman–Crippen LogP) is 2.52. The zero-order valence-electron chi connectivity index (χ0n) is 10.8. The highest BCUT2D eigenvalue weighted by Gasteiger charge is 2.12. The minimum Gasteiger partial charge on any atom is -0.336 e. The van der Waals surface area contributed by atoms with Gasteiger partial charge in [0.1, 0.15) is 11.9 Å². The van der Waals surface area contributed by atoms with E-state index in [0.29, 0.717) is 6.42 Å². The molecule has 0 fully saturated rings. The first-order valence-corrected chi connectivity index (χ1v) is 5.52. The maximum absolute atomic E-state index is 13.4. The van der Waals surface area contributed by atoms with Gasteiger partial charge in [-0.15, -0.1) is 24.8 Å².